The molecular weight excluding hydrogens is 121 g/mol. The van der Waals surface area contributed by atoms with Crippen LogP contribution < -0.4 is 5.32 Å². The summed E-state index contributed by atoms with van der Waals surface area (Å²) < 4.78 is 17.6. The van der Waals surface area contributed by atoms with E-state index in [-0.39, 0.29) is 12.1 Å². The van der Waals surface area contributed by atoms with Crippen LogP contribution in [0.5, 0.6) is 0 Å². The molecule has 9 heavy (non-hydrogen) atoms. The molecule has 2 nitrogen and oxygen atoms in total. The molecule has 0 aromatic heterocycles. The van der Waals surface area contributed by atoms with Crippen molar-refractivity contribution in [3.63, 3.8) is 0 Å². The minimum atomic E-state index is -0.731. The van der Waals surface area contributed by atoms with Crippen LogP contribution in [0.15, 0.2) is 0 Å². The summed E-state index contributed by atoms with van der Waals surface area (Å²) in [6.45, 7) is 1.62. The molecule has 1 aliphatic heterocycles. The summed E-state index contributed by atoms with van der Waals surface area (Å²) in [5.41, 5.74) is 0. The van der Waals surface area contributed by atoms with Gasteiger partial charge in [0.2, 0.25) is 0 Å². The minimum Gasteiger partial charge on any atom is -0.373 e. The zero-order valence-electron chi connectivity index (χ0n) is 5.14. The van der Waals surface area contributed by atoms with Crippen molar-refractivity contribution in [2.24, 2.45) is 0 Å². The van der Waals surface area contributed by atoms with Crippen LogP contribution in [0.1, 0.15) is 6.42 Å². The zero-order chi connectivity index (χ0) is 6.27. The summed E-state index contributed by atoms with van der Waals surface area (Å²) in [6.07, 6.45) is 0.164. The predicted molar refractivity (Wildman–Crippen MR) is 31.0 cm³/mol. The molecule has 1 aliphatic carbocycles. The smallest absolute Gasteiger partial charge is 0.146 e. The van der Waals surface area contributed by atoms with Crippen LogP contribution >= 0.6 is 0 Å². The molecule has 1 N–H and O–H groups in total. The van der Waals surface area contributed by atoms with E-state index >= 15 is 0 Å². The standard InChI is InChI=1S/C6H10FNO/c7-4-5-6(4)9-3-1-2-8-5/h4-6,8H,1-3H2/t4-,5+,6-/m0/s1. The average Bonchev–Trinajstić information content (AvgIpc) is 2.51. The Hall–Kier alpha value is -0.150. The number of nitrogens with one attached hydrogen (secondary N) is 1. The summed E-state index contributed by atoms with van der Waals surface area (Å²) >= 11 is 0. The zero-order valence-corrected chi connectivity index (χ0v) is 5.14. The molecule has 2 aliphatic rings. The van der Waals surface area contributed by atoms with Crippen LogP contribution in [-0.2, 0) is 4.74 Å². The minimum absolute atomic E-state index is 0.0208. The Balaban J connectivity index is 1.93. The predicted octanol–water partition coefficient (Wildman–Crippen LogP) is 0.0852. The van der Waals surface area contributed by atoms with E-state index in [0.717, 1.165) is 13.0 Å². The second kappa shape index (κ2) is 1.92. The van der Waals surface area contributed by atoms with Gasteiger partial charge in [-0.15, -0.1) is 0 Å². The Labute approximate surface area is 53.4 Å². The van der Waals surface area contributed by atoms with Crippen LogP contribution in [0.25, 0.3) is 0 Å². The molecule has 3 heteroatoms. The van der Waals surface area contributed by atoms with Gasteiger partial charge in [0.25, 0.3) is 0 Å². The van der Waals surface area contributed by atoms with Crippen molar-refractivity contribution < 1.29 is 9.13 Å². The van der Waals surface area contributed by atoms with Gasteiger partial charge in [0.05, 0.1) is 6.04 Å². The van der Waals surface area contributed by atoms with E-state index in [1.807, 2.05) is 0 Å². The summed E-state index contributed by atoms with van der Waals surface area (Å²) in [4.78, 5) is 0. The molecule has 1 saturated heterocycles. The molecule has 2 fully saturated rings. The molecule has 52 valence electrons. The van der Waals surface area contributed by atoms with E-state index in [1.54, 1.807) is 0 Å². The fourth-order valence-corrected chi connectivity index (χ4v) is 1.23. The summed E-state index contributed by atoms with van der Waals surface area (Å²) in [7, 11) is 0. The fraction of sp³-hybridized carbons (Fsp3) is 1.00. The molecule has 0 aromatic rings. The Morgan fingerprint density at radius 2 is 2.44 bits per heavy atom. The number of rotatable bonds is 0. The SMILES string of the molecule is F[C@H]1[C@H]2NCCCO[C@@H]12. The Morgan fingerprint density at radius 3 is 3.33 bits per heavy atom. The van der Waals surface area contributed by atoms with Crippen LogP contribution in [0.3, 0.4) is 0 Å². The Morgan fingerprint density at radius 1 is 1.56 bits per heavy atom. The molecular formula is C6H10FNO. The van der Waals surface area contributed by atoms with Crippen molar-refractivity contribution in [3.05, 3.63) is 0 Å². The maximum Gasteiger partial charge on any atom is 0.146 e. The van der Waals surface area contributed by atoms with E-state index in [4.69, 9.17) is 4.74 Å². The highest BCUT2D eigenvalue weighted by atomic mass is 19.1. The van der Waals surface area contributed by atoms with Gasteiger partial charge < -0.3 is 10.1 Å². The first kappa shape index (κ1) is 5.62. The molecule has 0 radical (unpaired) electrons. The normalized spacial score (nSPS) is 49.7. The third kappa shape index (κ3) is 0.843. The Kier molecular flexibility index (Phi) is 1.20. The van der Waals surface area contributed by atoms with Crippen LogP contribution in [0, 0.1) is 0 Å². The molecule has 0 spiro atoms. The van der Waals surface area contributed by atoms with Gasteiger partial charge in [-0.05, 0) is 13.0 Å². The third-order valence-corrected chi connectivity index (χ3v) is 1.88. The summed E-state index contributed by atoms with van der Waals surface area (Å²) in [5, 5.41) is 3.07. The highest BCUT2D eigenvalue weighted by molar-refractivity contribution is 5.07. The molecule has 1 saturated carbocycles. The quantitative estimate of drug-likeness (QED) is 0.503. The van der Waals surface area contributed by atoms with E-state index in [9.17, 15) is 4.39 Å². The number of alkyl halides is 1. The van der Waals surface area contributed by atoms with E-state index in [1.165, 1.54) is 0 Å². The molecule has 1 heterocycles. The van der Waals surface area contributed by atoms with Gasteiger partial charge in [-0.3, -0.25) is 0 Å². The number of hydrogen-bond acceptors (Lipinski definition) is 2. The van der Waals surface area contributed by atoms with Gasteiger partial charge in [0.1, 0.15) is 12.3 Å². The second-order valence-electron chi connectivity index (χ2n) is 2.61. The van der Waals surface area contributed by atoms with Crippen molar-refractivity contribution >= 4 is 0 Å². The first-order valence-corrected chi connectivity index (χ1v) is 3.38. The first-order valence-electron chi connectivity index (χ1n) is 3.38. The molecule has 0 unspecified atom stereocenters. The monoisotopic (exact) mass is 131 g/mol. The maximum absolute atomic E-state index is 12.5. The van der Waals surface area contributed by atoms with Gasteiger partial charge >= 0.3 is 0 Å². The van der Waals surface area contributed by atoms with E-state index < -0.39 is 6.17 Å². The Bertz CT molecular complexity index is 108. The maximum atomic E-state index is 12.5. The largest absolute Gasteiger partial charge is 0.373 e. The van der Waals surface area contributed by atoms with Crippen molar-refractivity contribution in [1.29, 1.82) is 0 Å². The topological polar surface area (TPSA) is 21.3 Å². The number of fused-ring (bicyclic) bond motifs is 1. The van der Waals surface area contributed by atoms with Crippen molar-refractivity contribution in [3.8, 4) is 0 Å². The lowest BCUT2D eigenvalue weighted by atomic mass is 10.4. The van der Waals surface area contributed by atoms with E-state index in [0.29, 0.717) is 6.61 Å². The van der Waals surface area contributed by atoms with Crippen molar-refractivity contribution in [2.45, 2.75) is 24.7 Å². The highest BCUT2D eigenvalue weighted by Crippen LogP contribution is 2.31. The van der Waals surface area contributed by atoms with Crippen LogP contribution in [0.2, 0.25) is 0 Å². The van der Waals surface area contributed by atoms with Crippen LogP contribution in [-0.4, -0.2) is 31.5 Å². The number of halogens is 1. The van der Waals surface area contributed by atoms with Gasteiger partial charge in [-0.25, -0.2) is 4.39 Å². The lowest BCUT2D eigenvalue weighted by molar-refractivity contribution is 0.105. The summed E-state index contributed by atoms with van der Waals surface area (Å²) in [6, 6.07) is 0.0208. The van der Waals surface area contributed by atoms with Crippen molar-refractivity contribution in [2.75, 3.05) is 13.2 Å². The number of ether oxygens (including phenoxy) is 1. The third-order valence-electron chi connectivity index (χ3n) is 1.88. The molecule has 3 atom stereocenters. The lowest BCUT2D eigenvalue weighted by Gasteiger charge is -1.96. The van der Waals surface area contributed by atoms with Crippen molar-refractivity contribution in [1.82, 2.24) is 5.32 Å². The first-order chi connectivity index (χ1) is 4.39. The molecule has 0 bridgehead atoms. The highest BCUT2D eigenvalue weighted by Gasteiger charge is 2.52. The molecule has 0 aromatic carbocycles. The lowest BCUT2D eigenvalue weighted by Crippen LogP contribution is -2.19. The van der Waals surface area contributed by atoms with E-state index in [2.05, 4.69) is 5.32 Å². The summed E-state index contributed by atoms with van der Waals surface area (Å²) in [5.74, 6) is 0. The van der Waals surface area contributed by atoms with Gasteiger partial charge in [-0.1, -0.05) is 0 Å². The van der Waals surface area contributed by atoms with Crippen LogP contribution in [0.4, 0.5) is 4.39 Å². The van der Waals surface area contributed by atoms with Gasteiger partial charge in [-0.2, -0.15) is 0 Å². The van der Waals surface area contributed by atoms with Gasteiger partial charge in [0.15, 0.2) is 0 Å². The fourth-order valence-electron chi connectivity index (χ4n) is 1.23. The average molecular weight is 131 g/mol. The number of hydrogen-bond donors (Lipinski definition) is 1. The molecule has 0 amide bonds. The second-order valence-corrected chi connectivity index (χ2v) is 2.61. The molecule has 2 rings (SSSR count). The van der Waals surface area contributed by atoms with Gasteiger partial charge in [0, 0.05) is 6.61 Å².